The third kappa shape index (κ3) is 18.0. The number of amides is 7. The summed E-state index contributed by atoms with van der Waals surface area (Å²) < 4.78 is 10.4. The standard InChI is InChI=1S/C71H77N7O10S/c1-6-58(65(82)77-62(47(2)79)46-89-71(50-30-16-9-17-31-50,51-32-18-10-19-33-51)52-34-20-11-21-35-52)75-67(84)61(78-69(86)88-70(3,4)5)44-73-64(81)59(42-48-26-12-7-13-27-48)76-66(83)60(43-49-28-14-8-15-29-49)74-63(80)40-41-72-68(85)87-45-57-55-38-24-22-36-53(55)54-37-23-25-39-56(54)57/h7-39,57-62H,6,40-46H2,1-5H3,(H,72,85)(H,73,81)(H,74,80)(H,75,84)(H,76,83)(H,77,82)(H,78,86)/t58-,59-,60-,61-,62-/m0/s1. The monoisotopic (exact) mass is 1220 g/mol. The topological polar surface area (TPSA) is 239 Å². The fourth-order valence-electron chi connectivity index (χ4n) is 10.7. The van der Waals surface area contributed by atoms with Crippen LogP contribution in [0.5, 0.6) is 0 Å². The normalized spacial score (nSPS) is 13.5. The highest BCUT2D eigenvalue weighted by Gasteiger charge is 2.39. The number of fused-ring (bicyclic) bond motifs is 3. The molecule has 0 heterocycles. The Morgan fingerprint density at radius 2 is 0.899 bits per heavy atom. The van der Waals surface area contributed by atoms with Gasteiger partial charge in [0.1, 0.15) is 36.4 Å². The fraction of sp³-hybridized carbons (Fsp3) is 0.296. The number of carbonyl (C=O) groups is 8. The second-order valence-corrected chi connectivity index (χ2v) is 24.0. The number of benzene rings is 7. The average molecular weight is 1220 g/mol. The molecule has 17 nitrogen and oxygen atoms in total. The van der Waals surface area contributed by atoms with E-state index in [4.69, 9.17) is 9.47 Å². The number of nitrogens with one attached hydrogen (secondary N) is 7. The van der Waals surface area contributed by atoms with Gasteiger partial charge in [0.2, 0.25) is 29.5 Å². The molecule has 7 aromatic rings. The number of rotatable bonds is 28. The van der Waals surface area contributed by atoms with Crippen molar-refractivity contribution in [2.24, 2.45) is 0 Å². The molecule has 1 aliphatic carbocycles. The van der Waals surface area contributed by atoms with Crippen LogP contribution < -0.4 is 37.2 Å². The molecule has 0 spiro atoms. The summed E-state index contributed by atoms with van der Waals surface area (Å²) in [5.74, 6) is -3.84. The van der Waals surface area contributed by atoms with Gasteiger partial charge >= 0.3 is 12.2 Å². The molecule has 0 radical (unpaired) electrons. The van der Waals surface area contributed by atoms with Crippen LogP contribution in [-0.4, -0.2) is 109 Å². The molecule has 462 valence electrons. The van der Waals surface area contributed by atoms with E-state index in [1.54, 1.807) is 82.3 Å². The zero-order chi connectivity index (χ0) is 63.3. The van der Waals surface area contributed by atoms with Crippen LogP contribution in [0.2, 0.25) is 0 Å². The van der Waals surface area contributed by atoms with Crippen molar-refractivity contribution in [3.05, 3.63) is 239 Å². The molecule has 5 atom stereocenters. The molecule has 0 bridgehead atoms. The van der Waals surface area contributed by atoms with Gasteiger partial charge in [-0.25, -0.2) is 9.59 Å². The highest BCUT2D eigenvalue weighted by atomic mass is 32.2. The summed E-state index contributed by atoms with van der Waals surface area (Å²) in [6, 6.07) is 57.4. The third-order valence-corrected chi connectivity index (χ3v) is 16.8. The second kappa shape index (κ2) is 31.4. The van der Waals surface area contributed by atoms with Crippen LogP contribution >= 0.6 is 11.8 Å². The number of hydrogen-bond acceptors (Lipinski definition) is 11. The molecule has 7 amide bonds. The Hall–Kier alpha value is -9.55. The Morgan fingerprint density at radius 1 is 0.472 bits per heavy atom. The van der Waals surface area contributed by atoms with E-state index < -0.39 is 88.8 Å². The first-order chi connectivity index (χ1) is 42.9. The molecule has 0 unspecified atom stereocenters. The van der Waals surface area contributed by atoms with E-state index >= 15 is 0 Å². The van der Waals surface area contributed by atoms with Crippen molar-refractivity contribution in [1.29, 1.82) is 0 Å². The van der Waals surface area contributed by atoms with Gasteiger partial charge in [-0.05, 0) is 84.2 Å². The largest absolute Gasteiger partial charge is 0.449 e. The summed E-state index contributed by atoms with van der Waals surface area (Å²) in [4.78, 5) is 111. The van der Waals surface area contributed by atoms with Crippen molar-refractivity contribution in [1.82, 2.24) is 37.2 Å². The third-order valence-electron chi connectivity index (χ3n) is 15.2. The van der Waals surface area contributed by atoms with Crippen molar-refractivity contribution in [3.63, 3.8) is 0 Å². The van der Waals surface area contributed by atoms with E-state index in [2.05, 4.69) is 37.2 Å². The van der Waals surface area contributed by atoms with Crippen LogP contribution in [0.3, 0.4) is 0 Å². The van der Waals surface area contributed by atoms with Crippen LogP contribution in [0.1, 0.15) is 92.3 Å². The van der Waals surface area contributed by atoms with E-state index in [0.717, 1.165) is 38.9 Å². The van der Waals surface area contributed by atoms with E-state index in [1.165, 1.54) is 18.7 Å². The highest BCUT2D eigenvalue weighted by Crippen LogP contribution is 2.49. The zero-order valence-corrected chi connectivity index (χ0v) is 51.5. The lowest BCUT2D eigenvalue weighted by Crippen LogP contribution is -2.60. The molecule has 7 N–H and O–H groups in total. The van der Waals surface area contributed by atoms with Crippen molar-refractivity contribution in [3.8, 4) is 11.1 Å². The highest BCUT2D eigenvalue weighted by molar-refractivity contribution is 8.00. The lowest BCUT2D eigenvalue weighted by Gasteiger charge is -2.36. The maximum atomic E-state index is 14.5. The molecule has 0 fully saturated rings. The molecule has 89 heavy (non-hydrogen) atoms. The van der Waals surface area contributed by atoms with Gasteiger partial charge in [0.05, 0.1) is 10.8 Å². The van der Waals surface area contributed by atoms with Gasteiger partial charge in [0, 0.05) is 44.0 Å². The number of ether oxygens (including phenoxy) is 2. The number of alkyl carbamates (subject to hydrolysis) is 2. The minimum atomic E-state index is -1.53. The lowest BCUT2D eigenvalue weighted by molar-refractivity contribution is -0.132. The van der Waals surface area contributed by atoms with Gasteiger partial charge in [0.15, 0.2) is 5.78 Å². The Kier molecular flexibility index (Phi) is 23.1. The first kappa shape index (κ1) is 65.4. The summed E-state index contributed by atoms with van der Waals surface area (Å²) in [6.45, 7) is 7.46. The Bertz CT molecular complexity index is 3400. The van der Waals surface area contributed by atoms with E-state index in [0.29, 0.717) is 11.1 Å². The summed E-state index contributed by atoms with van der Waals surface area (Å²) in [5, 5.41) is 19.2. The van der Waals surface area contributed by atoms with Crippen LogP contribution in [0, 0.1) is 0 Å². The summed E-state index contributed by atoms with van der Waals surface area (Å²) in [5.41, 5.74) is 7.57. The molecule has 1 aliphatic rings. The smallest absolute Gasteiger partial charge is 0.408 e. The Balaban J connectivity index is 0.934. The average Bonchev–Trinajstić information content (AvgIpc) is 2.09. The Labute approximate surface area is 524 Å². The van der Waals surface area contributed by atoms with Gasteiger partial charge in [0.25, 0.3) is 0 Å². The van der Waals surface area contributed by atoms with Crippen LogP contribution in [0.15, 0.2) is 200 Å². The maximum absolute atomic E-state index is 14.5. The molecule has 0 aliphatic heterocycles. The SMILES string of the molecule is CC[C@H](NC(=O)[C@H](CNC(=O)[C@H](Cc1ccccc1)NC(=O)[C@H](Cc1ccccc1)NC(=O)CCNC(=O)OCC1c2ccccc2-c2ccccc21)NC(=O)OC(C)(C)C)C(=O)N[C@@H](CSC(c1ccccc1)(c1ccccc1)c1ccccc1)C(C)=O. The molecular weight excluding hydrogens is 1140 g/mol. The lowest BCUT2D eigenvalue weighted by atomic mass is 9.84. The fourth-order valence-corrected chi connectivity index (χ4v) is 12.3. The quantitative estimate of drug-likeness (QED) is 0.0228. The van der Waals surface area contributed by atoms with Crippen molar-refractivity contribution < 1.29 is 47.8 Å². The molecule has 7 aromatic carbocycles. The first-order valence-electron chi connectivity index (χ1n) is 29.9. The van der Waals surface area contributed by atoms with Gasteiger partial charge in [-0.1, -0.05) is 207 Å². The van der Waals surface area contributed by atoms with Gasteiger partial charge in [-0.3, -0.25) is 28.8 Å². The van der Waals surface area contributed by atoms with Gasteiger partial charge in [-0.15, -0.1) is 11.8 Å². The van der Waals surface area contributed by atoms with Crippen LogP contribution in [0.25, 0.3) is 11.1 Å². The maximum Gasteiger partial charge on any atom is 0.408 e. The van der Waals surface area contributed by atoms with E-state index in [1.807, 2.05) is 146 Å². The number of Topliss-reactive ketones (excluding diaryl/α,β-unsaturated/α-hetero) is 1. The Morgan fingerprint density at radius 3 is 1.38 bits per heavy atom. The number of thioether (sulfide) groups is 1. The molecule has 0 aromatic heterocycles. The number of hydrogen-bond donors (Lipinski definition) is 7. The van der Waals surface area contributed by atoms with E-state index in [-0.39, 0.29) is 56.3 Å². The van der Waals surface area contributed by atoms with Crippen LogP contribution in [0.4, 0.5) is 9.59 Å². The predicted octanol–water partition coefficient (Wildman–Crippen LogP) is 9.07. The first-order valence-corrected chi connectivity index (χ1v) is 30.9. The minimum Gasteiger partial charge on any atom is -0.449 e. The van der Waals surface area contributed by atoms with Crippen molar-refractivity contribution in [2.45, 2.75) is 107 Å². The number of carbonyl (C=O) groups excluding carboxylic acids is 8. The minimum absolute atomic E-state index is 0.0261. The zero-order valence-electron chi connectivity index (χ0n) is 50.7. The van der Waals surface area contributed by atoms with Crippen molar-refractivity contribution in [2.75, 3.05) is 25.4 Å². The molecule has 18 heteroatoms. The summed E-state index contributed by atoms with van der Waals surface area (Å²) in [6.07, 6.45) is -1.82. The van der Waals surface area contributed by atoms with Crippen LogP contribution in [-0.2, 0) is 55.8 Å². The van der Waals surface area contributed by atoms with Gasteiger partial charge < -0.3 is 46.7 Å². The van der Waals surface area contributed by atoms with E-state index in [9.17, 15) is 38.4 Å². The molecule has 0 saturated heterocycles. The second-order valence-electron chi connectivity index (χ2n) is 22.7. The van der Waals surface area contributed by atoms with Crippen molar-refractivity contribution >= 4 is 59.3 Å². The molecular formula is C71H77N7O10S. The number of ketones is 1. The van der Waals surface area contributed by atoms with Gasteiger partial charge in [-0.2, -0.15) is 0 Å². The molecule has 0 saturated carbocycles. The predicted molar refractivity (Wildman–Crippen MR) is 345 cm³/mol. The molecule has 8 rings (SSSR count). The summed E-state index contributed by atoms with van der Waals surface area (Å²) >= 11 is 1.50. The summed E-state index contributed by atoms with van der Waals surface area (Å²) in [7, 11) is 0.